The predicted molar refractivity (Wildman–Crippen MR) is 72.7 cm³/mol. The molecular weight excluding hydrogens is 234 g/mol. The summed E-state index contributed by atoms with van der Waals surface area (Å²) in [6, 6.07) is 7.51. The molecule has 1 aromatic carbocycles. The van der Waals surface area contributed by atoms with Gasteiger partial charge >= 0.3 is 0 Å². The molecule has 0 radical (unpaired) electrons. The van der Waals surface area contributed by atoms with Crippen molar-refractivity contribution in [2.24, 2.45) is 0 Å². The van der Waals surface area contributed by atoms with Crippen molar-refractivity contribution in [2.75, 3.05) is 18.1 Å². The third kappa shape index (κ3) is 4.88. The molecule has 0 aliphatic carbocycles. The molecule has 0 saturated heterocycles. The van der Waals surface area contributed by atoms with E-state index in [0.29, 0.717) is 5.75 Å². The molecule has 1 rings (SSSR count). The molecule has 2 unspecified atom stereocenters. The van der Waals surface area contributed by atoms with E-state index in [0.717, 1.165) is 24.3 Å². The second kappa shape index (κ2) is 7.45. The number of hydrogen-bond acceptors (Lipinski definition) is 3. The lowest BCUT2D eigenvalue weighted by atomic mass is 10.0. The van der Waals surface area contributed by atoms with Crippen molar-refractivity contribution in [2.45, 2.75) is 26.3 Å². The molecule has 0 saturated carbocycles. The van der Waals surface area contributed by atoms with Gasteiger partial charge in [-0.25, -0.2) is 0 Å². The van der Waals surface area contributed by atoms with Crippen LogP contribution in [0.2, 0.25) is 0 Å². The topological polar surface area (TPSA) is 49.3 Å². The molecule has 1 aromatic rings. The van der Waals surface area contributed by atoms with Gasteiger partial charge in [-0.2, -0.15) is 0 Å². The minimum absolute atomic E-state index is 0.268. The number of phenols is 1. The third-order valence-corrected chi connectivity index (χ3v) is 4.05. The smallest absolute Gasteiger partial charge is 0.115 e. The molecule has 0 heterocycles. The molecule has 0 aromatic heterocycles. The van der Waals surface area contributed by atoms with E-state index in [1.807, 2.05) is 19.1 Å². The summed E-state index contributed by atoms with van der Waals surface area (Å²) >= 11 is 0. The lowest BCUT2D eigenvalue weighted by Gasteiger charge is -2.17. The van der Waals surface area contributed by atoms with Crippen molar-refractivity contribution >= 4 is 10.8 Å². The normalized spacial score (nSPS) is 14.5. The second-order valence-corrected chi connectivity index (χ2v) is 5.80. The van der Waals surface area contributed by atoms with Gasteiger partial charge in [0.25, 0.3) is 0 Å². The average molecular weight is 255 g/mol. The van der Waals surface area contributed by atoms with Crippen LogP contribution in [0.1, 0.15) is 31.9 Å². The standard InChI is InChI=1S/C13H21NO2S/c1-3-13(14-9-10-17(16)4-2)11-5-7-12(15)8-6-11/h5-8,13-15H,3-4,9-10H2,1-2H3. The van der Waals surface area contributed by atoms with Crippen LogP contribution in [0, 0.1) is 0 Å². The minimum Gasteiger partial charge on any atom is -0.508 e. The van der Waals surface area contributed by atoms with E-state index in [4.69, 9.17) is 0 Å². The first-order chi connectivity index (χ1) is 8.17. The molecular formula is C13H21NO2S. The summed E-state index contributed by atoms with van der Waals surface area (Å²) in [7, 11) is -0.708. The van der Waals surface area contributed by atoms with Gasteiger partial charge < -0.3 is 10.4 Å². The Bertz CT molecular complexity index is 351. The molecule has 0 aliphatic rings. The van der Waals surface area contributed by atoms with E-state index in [2.05, 4.69) is 12.2 Å². The number of hydrogen-bond donors (Lipinski definition) is 2. The average Bonchev–Trinajstić information content (AvgIpc) is 2.35. The van der Waals surface area contributed by atoms with Crippen molar-refractivity contribution in [3.05, 3.63) is 29.8 Å². The molecule has 4 heteroatoms. The Kier molecular flexibility index (Phi) is 6.22. The molecule has 0 bridgehead atoms. The summed E-state index contributed by atoms with van der Waals surface area (Å²) in [5, 5.41) is 12.6. The highest BCUT2D eigenvalue weighted by atomic mass is 32.2. The fourth-order valence-corrected chi connectivity index (χ4v) is 2.33. The van der Waals surface area contributed by atoms with E-state index in [1.165, 1.54) is 0 Å². The maximum Gasteiger partial charge on any atom is 0.115 e. The Labute approximate surface area is 106 Å². The fourth-order valence-electron chi connectivity index (χ4n) is 1.70. The SMILES string of the molecule is CCC(NCCS(=O)CC)c1ccc(O)cc1. The first-order valence-corrected chi connectivity index (χ1v) is 7.53. The van der Waals surface area contributed by atoms with Crippen molar-refractivity contribution in [3.63, 3.8) is 0 Å². The lowest BCUT2D eigenvalue weighted by molar-refractivity contribution is 0.473. The summed E-state index contributed by atoms with van der Waals surface area (Å²) in [5.74, 6) is 1.71. The highest BCUT2D eigenvalue weighted by molar-refractivity contribution is 7.84. The van der Waals surface area contributed by atoms with Crippen LogP contribution < -0.4 is 5.32 Å². The molecule has 2 N–H and O–H groups in total. The largest absolute Gasteiger partial charge is 0.508 e. The quantitative estimate of drug-likeness (QED) is 0.785. The highest BCUT2D eigenvalue weighted by Crippen LogP contribution is 2.19. The summed E-state index contributed by atoms with van der Waals surface area (Å²) < 4.78 is 11.3. The van der Waals surface area contributed by atoms with Crippen LogP contribution in [0.15, 0.2) is 24.3 Å². The summed E-state index contributed by atoms with van der Waals surface area (Å²) in [6.45, 7) is 4.81. The van der Waals surface area contributed by atoms with E-state index in [9.17, 15) is 9.32 Å². The third-order valence-electron chi connectivity index (χ3n) is 2.75. The second-order valence-electron chi connectivity index (χ2n) is 3.94. The van der Waals surface area contributed by atoms with E-state index in [1.54, 1.807) is 12.1 Å². The molecule has 0 fully saturated rings. The fraction of sp³-hybridized carbons (Fsp3) is 0.538. The molecule has 17 heavy (non-hydrogen) atoms. The molecule has 0 spiro atoms. The van der Waals surface area contributed by atoms with Crippen molar-refractivity contribution in [3.8, 4) is 5.75 Å². The molecule has 2 atom stereocenters. The zero-order valence-corrected chi connectivity index (χ0v) is 11.3. The Morgan fingerprint density at radius 3 is 2.47 bits per heavy atom. The van der Waals surface area contributed by atoms with Gasteiger partial charge in [-0.1, -0.05) is 26.0 Å². The van der Waals surface area contributed by atoms with Crippen LogP contribution in [0.4, 0.5) is 0 Å². The zero-order chi connectivity index (χ0) is 12.7. The number of aromatic hydroxyl groups is 1. The van der Waals surface area contributed by atoms with Crippen molar-refractivity contribution in [1.29, 1.82) is 0 Å². The van der Waals surface area contributed by atoms with Gasteiger partial charge in [-0.15, -0.1) is 0 Å². The maximum atomic E-state index is 11.3. The van der Waals surface area contributed by atoms with Gasteiger partial charge in [0.05, 0.1) is 0 Å². The Hall–Kier alpha value is -0.870. The summed E-state index contributed by atoms with van der Waals surface area (Å²) in [4.78, 5) is 0. The molecule has 3 nitrogen and oxygen atoms in total. The predicted octanol–water partition coefficient (Wildman–Crippen LogP) is 2.20. The van der Waals surface area contributed by atoms with Gasteiger partial charge in [0.15, 0.2) is 0 Å². The van der Waals surface area contributed by atoms with Crippen LogP contribution in [0.5, 0.6) is 5.75 Å². The van der Waals surface area contributed by atoms with Gasteiger partial charge in [0, 0.05) is 34.9 Å². The number of benzene rings is 1. The minimum atomic E-state index is -0.708. The van der Waals surface area contributed by atoms with Crippen LogP contribution in [-0.4, -0.2) is 27.4 Å². The number of nitrogens with one attached hydrogen (secondary N) is 1. The van der Waals surface area contributed by atoms with E-state index in [-0.39, 0.29) is 11.8 Å². The Balaban J connectivity index is 2.48. The van der Waals surface area contributed by atoms with E-state index >= 15 is 0 Å². The molecule has 0 amide bonds. The summed E-state index contributed by atoms with van der Waals surface area (Å²) in [6.07, 6.45) is 0.976. The lowest BCUT2D eigenvalue weighted by Crippen LogP contribution is -2.25. The van der Waals surface area contributed by atoms with Crippen LogP contribution in [0.3, 0.4) is 0 Å². The van der Waals surface area contributed by atoms with Gasteiger partial charge in [0.2, 0.25) is 0 Å². The van der Waals surface area contributed by atoms with Crippen LogP contribution in [-0.2, 0) is 10.8 Å². The molecule has 0 aliphatic heterocycles. The number of rotatable bonds is 7. The van der Waals surface area contributed by atoms with Crippen molar-refractivity contribution < 1.29 is 9.32 Å². The van der Waals surface area contributed by atoms with Crippen molar-refractivity contribution in [1.82, 2.24) is 5.32 Å². The number of phenolic OH excluding ortho intramolecular Hbond substituents is 1. The van der Waals surface area contributed by atoms with Gasteiger partial charge in [0.1, 0.15) is 5.75 Å². The summed E-state index contributed by atoms with van der Waals surface area (Å²) in [5.41, 5.74) is 1.16. The molecule has 96 valence electrons. The van der Waals surface area contributed by atoms with Gasteiger partial charge in [-0.3, -0.25) is 4.21 Å². The monoisotopic (exact) mass is 255 g/mol. The maximum absolute atomic E-state index is 11.3. The van der Waals surface area contributed by atoms with E-state index < -0.39 is 10.8 Å². The first kappa shape index (κ1) is 14.2. The Morgan fingerprint density at radius 2 is 1.94 bits per heavy atom. The first-order valence-electron chi connectivity index (χ1n) is 6.04. The van der Waals surface area contributed by atoms with Gasteiger partial charge in [-0.05, 0) is 24.1 Å². The zero-order valence-electron chi connectivity index (χ0n) is 10.5. The Morgan fingerprint density at radius 1 is 1.29 bits per heavy atom. The van der Waals surface area contributed by atoms with Crippen LogP contribution in [0.25, 0.3) is 0 Å². The highest BCUT2D eigenvalue weighted by Gasteiger charge is 2.08. The van der Waals surface area contributed by atoms with Crippen LogP contribution >= 0.6 is 0 Å².